The van der Waals surface area contributed by atoms with Crippen LogP contribution in [0.4, 0.5) is 0 Å². The number of carbonyl (C=O) groups excluding carboxylic acids is 2. The summed E-state index contributed by atoms with van der Waals surface area (Å²) in [5.41, 5.74) is 0. The van der Waals surface area contributed by atoms with Crippen LogP contribution >= 0.6 is 0 Å². The lowest BCUT2D eigenvalue weighted by atomic mass is 10.2. The molecule has 3 heteroatoms. The van der Waals surface area contributed by atoms with Gasteiger partial charge in [0.1, 0.15) is 6.42 Å². The molecule has 0 unspecified atom stereocenters. The van der Waals surface area contributed by atoms with Crippen LogP contribution in [0.15, 0.2) is 12.2 Å². The van der Waals surface area contributed by atoms with Crippen LogP contribution in [-0.2, 0) is 14.3 Å². The van der Waals surface area contributed by atoms with E-state index in [1.807, 2.05) is 6.08 Å². The minimum atomic E-state index is -0.447. The maximum Gasteiger partial charge on any atom is 0.313 e. The molecule has 0 saturated heterocycles. The minimum Gasteiger partial charge on any atom is -0.466 e. The van der Waals surface area contributed by atoms with Gasteiger partial charge in [-0.2, -0.15) is 0 Å². The molecule has 3 nitrogen and oxygen atoms in total. The summed E-state index contributed by atoms with van der Waals surface area (Å²) in [5.74, 6) is -0.628. The number of rotatable bonds is 7. The fourth-order valence-corrected chi connectivity index (χ4v) is 0.950. The SMILES string of the molecule is CCCC/C=C/C(=O)CC(=O)OCC. The quantitative estimate of drug-likeness (QED) is 0.273. The van der Waals surface area contributed by atoms with Crippen LogP contribution < -0.4 is 0 Å². The van der Waals surface area contributed by atoms with E-state index < -0.39 is 5.97 Å². The summed E-state index contributed by atoms with van der Waals surface area (Å²) < 4.78 is 4.65. The first-order chi connectivity index (χ1) is 6.70. The van der Waals surface area contributed by atoms with Gasteiger partial charge in [-0.3, -0.25) is 9.59 Å². The van der Waals surface area contributed by atoms with Gasteiger partial charge in [-0.1, -0.05) is 25.8 Å². The summed E-state index contributed by atoms with van der Waals surface area (Å²) in [5, 5.41) is 0. The molecule has 80 valence electrons. The fraction of sp³-hybridized carbons (Fsp3) is 0.636. The molecule has 0 spiro atoms. The topological polar surface area (TPSA) is 43.4 Å². The molecule has 0 saturated carbocycles. The molecule has 0 aliphatic carbocycles. The monoisotopic (exact) mass is 198 g/mol. The number of hydrogen-bond acceptors (Lipinski definition) is 3. The third kappa shape index (κ3) is 7.53. The number of unbranched alkanes of at least 4 members (excludes halogenated alkanes) is 2. The third-order valence-electron chi connectivity index (χ3n) is 1.65. The van der Waals surface area contributed by atoms with E-state index in [9.17, 15) is 9.59 Å². The van der Waals surface area contributed by atoms with Crippen molar-refractivity contribution in [1.82, 2.24) is 0 Å². The smallest absolute Gasteiger partial charge is 0.313 e. The predicted octanol–water partition coefficient (Wildman–Crippen LogP) is 2.26. The third-order valence-corrected chi connectivity index (χ3v) is 1.65. The fourth-order valence-electron chi connectivity index (χ4n) is 0.950. The summed E-state index contributed by atoms with van der Waals surface area (Å²) in [4.78, 5) is 22.0. The summed E-state index contributed by atoms with van der Waals surface area (Å²) in [6.07, 6.45) is 6.21. The normalized spacial score (nSPS) is 10.4. The van der Waals surface area contributed by atoms with Gasteiger partial charge in [0.2, 0.25) is 0 Å². The van der Waals surface area contributed by atoms with E-state index in [0.29, 0.717) is 6.61 Å². The number of ether oxygens (including phenoxy) is 1. The van der Waals surface area contributed by atoms with Crippen molar-refractivity contribution >= 4 is 11.8 Å². The molecule has 0 radical (unpaired) electrons. The molecule has 0 aliphatic rings. The molecule has 0 bridgehead atoms. The van der Waals surface area contributed by atoms with Gasteiger partial charge in [-0.15, -0.1) is 0 Å². The Labute approximate surface area is 85.1 Å². The zero-order valence-electron chi connectivity index (χ0n) is 8.91. The largest absolute Gasteiger partial charge is 0.466 e. The van der Waals surface area contributed by atoms with E-state index >= 15 is 0 Å². The first-order valence-electron chi connectivity index (χ1n) is 5.05. The summed E-state index contributed by atoms with van der Waals surface area (Å²) in [7, 11) is 0. The second-order valence-corrected chi connectivity index (χ2v) is 2.99. The summed E-state index contributed by atoms with van der Waals surface area (Å²) in [6.45, 7) is 4.14. The van der Waals surface area contributed by atoms with Crippen LogP contribution in [0.3, 0.4) is 0 Å². The van der Waals surface area contributed by atoms with E-state index in [0.717, 1.165) is 19.3 Å². The Balaban J connectivity index is 3.63. The van der Waals surface area contributed by atoms with Crippen molar-refractivity contribution in [2.45, 2.75) is 39.5 Å². The second-order valence-electron chi connectivity index (χ2n) is 2.99. The number of ketones is 1. The maximum atomic E-state index is 11.1. The molecule has 14 heavy (non-hydrogen) atoms. The number of esters is 1. The first-order valence-corrected chi connectivity index (χ1v) is 5.05. The molecule has 0 aromatic carbocycles. The Morgan fingerprint density at radius 2 is 2.00 bits per heavy atom. The molecule has 0 rings (SSSR count). The van der Waals surface area contributed by atoms with Gasteiger partial charge in [0, 0.05) is 0 Å². The van der Waals surface area contributed by atoms with E-state index in [-0.39, 0.29) is 12.2 Å². The Morgan fingerprint density at radius 1 is 1.29 bits per heavy atom. The van der Waals surface area contributed by atoms with Crippen molar-refractivity contribution in [1.29, 1.82) is 0 Å². The highest BCUT2D eigenvalue weighted by Crippen LogP contribution is 1.97. The Bertz CT molecular complexity index is 207. The highest BCUT2D eigenvalue weighted by atomic mass is 16.5. The van der Waals surface area contributed by atoms with Crippen LogP contribution in [0.1, 0.15) is 39.5 Å². The molecule has 0 aromatic heterocycles. The number of carbonyl (C=O) groups is 2. The average Bonchev–Trinajstić information content (AvgIpc) is 2.13. The highest BCUT2D eigenvalue weighted by molar-refractivity contribution is 6.01. The molecule has 0 aromatic rings. The Kier molecular flexibility index (Phi) is 7.80. The molecular weight excluding hydrogens is 180 g/mol. The molecule has 0 N–H and O–H groups in total. The minimum absolute atomic E-state index is 0.142. The summed E-state index contributed by atoms with van der Waals surface area (Å²) in [6, 6.07) is 0. The standard InChI is InChI=1S/C11H18O3/c1-3-5-6-7-8-10(12)9-11(13)14-4-2/h7-8H,3-6,9H2,1-2H3/b8-7+. The van der Waals surface area contributed by atoms with Gasteiger partial charge in [0.15, 0.2) is 5.78 Å². The van der Waals surface area contributed by atoms with Crippen molar-refractivity contribution in [2.24, 2.45) is 0 Å². The van der Waals surface area contributed by atoms with Crippen molar-refractivity contribution in [2.75, 3.05) is 6.61 Å². The van der Waals surface area contributed by atoms with Crippen molar-refractivity contribution in [3.63, 3.8) is 0 Å². The highest BCUT2D eigenvalue weighted by Gasteiger charge is 2.06. The van der Waals surface area contributed by atoms with E-state index in [1.165, 1.54) is 6.08 Å². The molecular formula is C11H18O3. The molecule has 0 amide bonds. The lowest BCUT2D eigenvalue weighted by molar-refractivity contribution is -0.144. The lowest BCUT2D eigenvalue weighted by Gasteiger charge is -1.97. The predicted molar refractivity (Wildman–Crippen MR) is 54.9 cm³/mol. The van der Waals surface area contributed by atoms with Crippen LogP contribution in [0.5, 0.6) is 0 Å². The van der Waals surface area contributed by atoms with Gasteiger partial charge >= 0.3 is 5.97 Å². The Hall–Kier alpha value is -1.12. The van der Waals surface area contributed by atoms with Crippen molar-refractivity contribution in [3.05, 3.63) is 12.2 Å². The maximum absolute atomic E-state index is 11.1. The lowest BCUT2D eigenvalue weighted by Crippen LogP contribution is -2.09. The molecule has 0 heterocycles. The van der Waals surface area contributed by atoms with Crippen LogP contribution in [0.25, 0.3) is 0 Å². The van der Waals surface area contributed by atoms with Crippen molar-refractivity contribution in [3.8, 4) is 0 Å². The van der Waals surface area contributed by atoms with E-state index in [2.05, 4.69) is 11.7 Å². The first kappa shape index (κ1) is 12.9. The molecule has 0 atom stereocenters. The Morgan fingerprint density at radius 3 is 2.57 bits per heavy atom. The molecule has 0 aliphatic heterocycles. The van der Waals surface area contributed by atoms with E-state index in [4.69, 9.17) is 0 Å². The van der Waals surface area contributed by atoms with E-state index in [1.54, 1.807) is 6.92 Å². The van der Waals surface area contributed by atoms with Crippen molar-refractivity contribution < 1.29 is 14.3 Å². The zero-order chi connectivity index (χ0) is 10.8. The number of allylic oxidation sites excluding steroid dienone is 2. The van der Waals surface area contributed by atoms with Crippen LogP contribution in [0.2, 0.25) is 0 Å². The zero-order valence-corrected chi connectivity index (χ0v) is 8.91. The molecule has 0 fully saturated rings. The van der Waals surface area contributed by atoms with Crippen LogP contribution in [0, 0.1) is 0 Å². The second kappa shape index (κ2) is 8.48. The average molecular weight is 198 g/mol. The van der Waals surface area contributed by atoms with Gasteiger partial charge in [-0.05, 0) is 19.4 Å². The van der Waals surface area contributed by atoms with Crippen LogP contribution in [-0.4, -0.2) is 18.4 Å². The summed E-state index contributed by atoms with van der Waals surface area (Å²) >= 11 is 0. The van der Waals surface area contributed by atoms with Gasteiger partial charge < -0.3 is 4.74 Å². The number of hydrogen-bond donors (Lipinski definition) is 0. The van der Waals surface area contributed by atoms with Gasteiger partial charge in [0.25, 0.3) is 0 Å². The van der Waals surface area contributed by atoms with Gasteiger partial charge in [0.05, 0.1) is 6.61 Å². The van der Waals surface area contributed by atoms with Gasteiger partial charge in [-0.25, -0.2) is 0 Å².